The maximum absolute atomic E-state index is 13.6. The number of hydrogen-bond donors (Lipinski definition) is 1. The minimum absolute atomic E-state index is 0. The molecule has 0 amide bonds. The number of nitrogens with zero attached hydrogens (tertiary/aromatic N) is 4. The molecule has 7 rings (SSSR count). The zero-order valence-corrected chi connectivity index (χ0v) is 21.8. The van der Waals surface area contributed by atoms with Gasteiger partial charge in [0.1, 0.15) is 13.1 Å². The topological polar surface area (TPSA) is 90.1 Å². The number of hydrogen-bond acceptors (Lipinski definition) is 8. The van der Waals surface area contributed by atoms with Crippen LogP contribution >= 0.6 is 11.3 Å². The average Bonchev–Trinajstić information content (AvgIpc) is 3.61. The van der Waals surface area contributed by atoms with Crippen molar-refractivity contribution in [1.29, 1.82) is 0 Å². The Labute approximate surface area is 225 Å². The summed E-state index contributed by atoms with van der Waals surface area (Å²) in [5.41, 5.74) is 1.77. The summed E-state index contributed by atoms with van der Waals surface area (Å²) in [4.78, 5) is 22.4. The Bertz CT molecular complexity index is 1290. The smallest absolute Gasteiger partial charge is 0.333 e. The van der Waals surface area contributed by atoms with E-state index < -0.39 is 6.04 Å². The Morgan fingerprint density at radius 2 is 1.84 bits per heavy atom. The van der Waals surface area contributed by atoms with Crippen molar-refractivity contribution in [3.63, 3.8) is 0 Å². The summed E-state index contributed by atoms with van der Waals surface area (Å²) in [6.45, 7) is 3.50. The number of para-hydroxylation sites is 1. The number of piperidine rings is 3. The molecule has 37 heavy (non-hydrogen) atoms. The van der Waals surface area contributed by atoms with E-state index >= 15 is 0 Å². The standard InChI is InChI=1S/C27H28N5O3S.ClH/c33-27(24(20-7-3-1-4-8-20)29-21-9-5-2-6-10-21)34-22-17-32(14-11-19(22)12-15-32)18-23-30-25(35-31-23)26-28-13-16-36-26;/h1-10,13,16,19,22,24,29H,11-12,14-15,17-18H2;1H/q+1;/p-1/t19?,22-,24+,32?;/m0./s1. The van der Waals surface area contributed by atoms with Crippen LogP contribution in [0.1, 0.15) is 30.3 Å². The summed E-state index contributed by atoms with van der Waals surface area (Å²) in [5, 5.41) is 10.2. The van der Waals surface area contributed by atoms with Crippen LogP contribution in [0.3, 0.4) is 0 Å². The number of quaternary nitrogens is 1. The summed E-state index contributed by atoms with van der Waals surface area (Å²) in [5.74, 6) is 1.29. The van der Waals surface area contributed by atoms with Crippen LogP contribution in [-0.4, -0.2) is 51.3 Å². The minimum Gasteiger partial charge on any atom is -1.00 e. The van der Waals surface area contributed by atoms with E-state index in [1.807, 2.05) is 66.0 Å². The average molecular weight is 538 g/mol. The van der Waals surface area contributed by atoms with Gasteiger partial charge in [0.15, 0.2) is 17.2 Å². The Morgan fingerprint density at radius 1 is 1.11 bits per heavy atom. The molecule has 10 heteroatoms. The van der Waals surface area contributed by atoms with E-state index in [0.717, 1.165) is 53.2 Å². The highest BCUT2D eigenvalue weighted by Gasteiger charge is 2.48. The zero-order valence-electron chi connectivity index (χ0n) is 20.2. The number of fused-ring (bicyclic) bond motifs is 3. The lowest BCUT2D eigenvalue weighted by molar-refractivity contribution is -0.958. The lowest BCUT2D eigenvalue weighted by Crippen LogP contribution is -3.00. The van der Waals surface area contributed by atoms with Crippen molar-refractivity contribution in [3.05, 3.63) is 83.6 Å². The largest absolute Gasteiger partial charge is 1.00 e. The summed E-state index contributed by atoms with van der Waals surface area (Å²) in [6, 6.07) is 19.0. The molecule has 2 aromatic carbocycles. The third kappa shape index (κ3) is 5.53. The van der Waals surface area contributed by atoms with Gasteiger partial charge in [-0.3, -0.25) is 0 Å². The summed E-state index contributed by atoms with van der Waals surface area (Å²) < 4.78 is 12.5. The Kier molecular flexibility index (Phi) is 7.55. The van der Waals surface area contributed by atoms with Gasteiger partial charge in [-0.2, -0.15) is 4.98 Å². The molecule has 3 saturated heterocycles. The first kappa shape index (κ1) is 25.4. The second-order valence-corrected chi connectivity index (χ2v) is 10.5. The molecule has 0 unspecified atom stereocenters. The zero-order chi connectivity index (χ0) is 24.4. The van der Waals surface area contributed by atoms with Gasteiger partial charge in [-0.15, -0.1) is 11.3 Å². The second kappa shape index (κ2) is 11.0. The van der Waals surface area contributed by atoms with Crippen LogP contribution in [0.5, 0.6) is 0 Å². The van der Waals surface area contributed by atoms with Crippen LogP contribution in [0.4, 0.5) is 5.69 Å². The molecule has 0 saturated carbocycles. The van der Waals surface area contributed by atoms with E-state index in [1.54, 1.807) is 6.20 Å². The highest BCUT2D eigenvalue weighted by molar-refractivity contribution is 7.12. The first-order chi connectivity index (χ1) is 17.7. The maximum atomic E-state index is 13.6. The van der Waals surface area contributed by atoms with Gasteiger partial charge in [0.25, 0.3) is 5.89 Å². The van der Waals surface area contributed by atoms with E-state index in [1.165, 1.54) is 11.3 Å². The van der Waals surface area contributed by atoms with Gasteiger partial charge in [-0.25, -0.2) is 9.78 Å². The maximum Gasteiger partial charge on any atom is 0.333 e. The molecule has 3 aliphatic rings. The predicted molar refractivity (Wildman–Crippen MR) is 136 cm³/mol. The van der Waals surface area contributed by atoms with Crippen molar-refractivity contribution < 1.29 is 30.9 Å². The van der Waals surface area contributed by atoms with E-state index in [4.69, 9.17) is 9.26 Å². The van der Waals surface area contributed by atoms with Crippen LogP contribution in [0.25, 0.3) is 10.9 Å². The quantitative estimate of drug-likeness (QED) is 0.270. The van der Waals surface area contributed by atoms with Crippen molar-refractivity contribution in [2.45, 2.75) is 31.5 Å². The van der Waals surface area contributed by atoms with E-state index in [9.17, 15) is 4.79 Å². The van der Waals surface area contributed by atoms with Gasteiger partial charge in [0.05, 0.1) is 13.1 Å². The number of benzene rings is 2. The molecule has 192 valence electrons. The number of halogens is 1. The lowest BCUT2D eigenvalue weighted by atomic mass is 9.83. The molecular formula is C27H28ClN5O3S. The van der Waals surface area contributed by atoms with Crippen molar-refractivity contribution in [3.8, 4) is 10.9 Å². The van der Waals surface area contributed by atoms with Crippen LogP contribution in [0.2, 0.25) is 0 Å². The highest BCUT2D eigenvalue weighted by Crippen LogP contribution is 2.38. The van der Waals surface area contributed by atoms with Crippen molar-refractivity contribution in [2.24, 2.45) is 5.92 Å². The molecule has 0 spiro atoms. The Morgan fingerprint density at radius 3 is 2.54 bits per heavy atom. The Balaban J connectivity index is 0.00000280. The minimum atomic E-state index is -0.574. The van der Waals surface area contributed by atoms with E-state index in [-0.39, 0.29) is 24.5 Å². The summed E-state index contributed by atoms with van der Waals surface area (Å²) >= 11 is 1.48. The van der Waals surface area contributed by atoms with Crippen molar-refractivity contribution in [2.75, 3.05) is 25.0 Å². The molecule has 2 aromatic heterocycles. The Hall–Kier alpha value is -3.27. The van der Waals surface area contributed by atoms with Crippen LogP contribution in [0, 0.1) is 5.92 Å². The second-order valence-electron chi connectivity index (χ2n) is 9.65. The summed E-state index contributed by atoms with van der Waals surface area (Å²) in [7, 11) is 0. The van der Waals surface area contributed by atoms with Gasteiger partial charge in [-0.1, -0.05) is 53.7 Å². The lowest BCUT2D eigenvalue weighted by Gasteiger charge is -2.51. The van der Waals surface area contributed by atoms with Crippen LogP contribution in [0.15, 0.2) is 76.8 Å². The number of aromatic nitrogens is 3. The molecule has 2 bridgehead atoms. The molecule has 0 radical (unpaired) electrons. The molecule has 8 nitrogen and oxygen atoms in total. The fourth-order valence-corrected chi connectivity index (χ4v) is 6.01. The molecular weight excluding hydrogens is 510 g/mol. The highest BCUT2D eigenvalue weighted by atomic mass is 35.5. The number of anilines is 1. The molecule has 5 heterocycles. The predicted octanol–water partition coefficient (Wildman–Crippen LogP) is 1.70. The molecule has 3 fully saturated rings. The normalized spacial score (nSPS) is 23.1. The van der Waals surface area contributed by atoms with Crippen molar-refractivity contribution >= 4 is 23.0 Å². The van der Waals surface area contributed by atoms with Gasteiger partial charge in [0.2, 0.25) is 5.82 Å². The fraction of sp³-hybridized carbons (Fsp3) is 0.333. The molecule has 0 aliphatic carbocycles. The third-order valence-electron chi connectivity index (χ3n) is 7.32. The van der Waals surface area contributed by atoms with E-state index in [2.05, 4.69) is 20.4 Å². The number of thiazole rings is 1. The number of carbonyl (C=O) groups excluding carboxylic acids is 1. The first-order valence-corrected chi connectivity index (χ1v) is 13.2. The van der Waals surface area contributed by atoms with Gasteiger partial charge in [-0.05, 0) is 17.7 Å². The molecule has 3 aliphatic heterocycles. The van der Waals surface area contributed by atoms with Gasteiger partial charge >= 0.3 is 5.97 Å². The summed E-state index contributed by atoms with van der Waals surface area (Å²) in [6.07, 6.45) is 3.65. The van der Waals surface area contributed by atoms with Crippen LogP contribution < -0.4 is 17.7 Å². The van der Waals surface area contributed by atoms with Crippen LogP contribution in [-0.2, 0) is 16.1 Å². The monoisotopic (exact) mass is 537 g/mol. The number of esters is 1. The SMILES string of the molecule is O=C(O[C@H]1C[N+]2(Cc3noc(-c4nccs4)n3)CCC1CC2)[C@H](Nc1ccccc1)c1ccccc1.[Cl-]. The molecule has 4 aromatic rings. The molecule has 1 N–H and O–H groups in total. The number of ether oxygens (including phenoxy) is 1. The number of carbonyl (C=O) groups is 1. The van der Waals surface area contributed by atoms with Gasteiger partial charge < -0.3 is 31.5 Å². The molecule has 2 atom stereocenters. The first-order valence-electron chi connectivity index (χ1n) is 12.3. The van der Waals surface area contributed by atoms with Crippen molar-refractivity contribution in [1.82, 2.24) is 15.1 Å². The number of rotatable bonds is 8. The van der Waals surface area contributed by atoms with E-state index in [0.29, 0.717) is 24.2 Å². The third-order valence-corrected chi connectivity index (χ3v) is 8.08. The fourth-order valence-electron chi connectivity index (χ4n) is 5.45. The number of nitrogens with one attached hydrogen (secondary N) is 1. The van der Waals surface area contributed by atoms with Gasteiger partial charge in [0, 0.05) is 36.0 Å².